The summed E-state index contributed by atoms with van der Waals surface area (Å²) in [6.45, 7) is 3.19. The number of aryl methyl sites for hydroxylation is 2. The molecule has 1 aromatic heterocycles. The van der Waals surface area contributed by atoms with Crippen LogP contribution >= 0.6 is 0 Å². The van der Waals surface area contributed by atoms with Gasteiger partial charge in [0.25, 0.3) is 0 Å². The van der Waals surface area contributed by atoms with Crippen molar-refractivity contribution >= 4 is 5.91 Å². The quantitative estimate of drug-likeness (QED) is 0.781. The molecule has 138 valence electrons. The van der Waals surface area contributed by atoms with Gasteiger partial charge in [-0.1, -0.05) is 42.5 Å². The van der Waals surface area contributed by atoms with Crippen molar-refractivity contribution in [2.45, 2.75) is 25.9 Å². The number of hydrogen-bond donors (Lipinski definition) is 1. The largest absolute Gasteiger partial charge is 0.336 e. The number of hydrogen-bond acceptors (Lipinski definition) is 3. The van der Waals surface area contributed by atoms with Gasteiger partial charge >= 0.3 is 0 Å². The SMILES string of the molecule is Cc1nn(C)cc1C(N)C(=O)N1CCc2ccc(-c3ccccc3)cc2C1. The van der Waals surface area contributed by atoms with Crippen LogP contribution in [0.3, 0.4) is 0 Å². The Morgan fingerprint density at radius 1 is 1.11 bits per heavy atom. The van der Waals surface area contributed by atoms with E-state index < -0.39 is 6.04 Å². The number of benzene rings is 2. The van der Waals surface area contributed by atoms with E-state index in [1.165, 1.54) is 22.3 Å². The second-order valence-corrected chi connectivity index (χ2v) is 7.18. The van der Waals surface area contributed by atoms with Gasteiger partial charge in [-0.05, 0) is 41.7 Å². The molecular weight excluding hydrogens is 336 g/mol. The Morgan fingerprint density at radius 3 is 2.59 bits per heavy atom. The maximum absolute atomic E-state index is 13.0. The molecule has 2 N–H and O–H groups in total. The topological polar surface area (TPSA) is 64.2 Å². The van der Waals surface area contributed by atoms with E-state index in [1.54, 1.807) is 4.68 Å². The monoisotopic (exact) mass is 360 g/mol. The van der Waals surface area contributed by atoms with E-state index in [2.05, 4.69) is 35.4 Å². The van der Waals surface area contributed by atoms with Crippen molar-refractivity contribution in [1.29, 1.82) is 0 Å². The van der Waals surface area contributed by atoms with Gasteiger partial charge in [-0.2, -0.15) is 5.10 Å². The lowest BCUT2D eigenvalue weighted by Gasteiger charge is -2.31. The molecule has 27 heavy (non-hydrogen) atoms. The fourth-order valence-corrected chi connectivity index (χ4v) is 3.81. The van der Waals surface area contributed by atoms with Crippen LogP contribution in [0.5, 0.6) is 0 Å². The lowest BCUT2D eigenvalue weighted by Crippen LogP contribution is -2.41. The van der Waals surface area contributed by atoms with Gasteiger partial charge in [-0.3, -0.25) is 9.48 Å². The molecule has 1 aliphatic rings. The first-order valence-electron chi connectivity index (χ1n) is 9.24. The number of carbonyl (C=O) groups excluding carboxylic acids is 1. The Morgan fingerprint density at radius 2 is 1.89 bits per heavy atom. The highest BCUT2D eigenvalue weighted by atomic mass is 16.2. The van der Waals surface area contributed by atoms with Gasteiger partial charge in [0.1, 0.15) is 6.04 Å². The molecule has 0 radical (unpaired) electrons. The molecule has 2 heterocycles. The maximum Gasteiger partial charge on any atom is 0.244 e. The van der Waals surface area contributed by atoms with Gasteiger partial charge in [-0.15, -0.1) is 0 Å². The zero-order chi connectivity index (χ0) is 19.0. The summed E-state index contributed by atoms with van der Waals surface area (Å²) in [5.41, 5.74) is 12.8. The Balaban J connectivity index is 1.57. The van der Waals surface area contributed by atoms with E-state index in [0.717, 1.165) is 17.7 Å². The van der Waals surface area contributed by atoms with Crippen LogP contribution in [-0.4, -0.2) is 27.1 Å². The summed E-state index contributed by atoms with van der Waals surface area (Å²) in [7, 11) is 1.84. The molecule has 0 aliphatic carbocycles. The summed E-state index contributed by atoms with van der Waals surface area (Å²) in [6.07, 6.45) is 2.69. The van der Waals surface area contributed by atoms with Crippen LogP contribution in [0.4, 0.5) is 0 Å². The predicted octanol–water partition coefficient (Wildman–Crippen LogP) is 2.98. The van der Waals surface area contributed by atoms with Crippen molar-refractivity contribution in [2.24, 2.45) is 12.8 Å². The van der Waals surface area contributed by atoms with Crippen LogP contribution in [0, 0.1) is 6.92 Å². The molecule has 3 aromatic rings. The first-order valence-corrected chi connectivity index (χ1v) is 9.24. The lowest BCUT2D eigenvalue weighted by molar-refractivity contribution is -0.133. The molecule has 0 fully saturated rings. The summed E-state index contributed by atoms with van der Waals surface area (Å²) in [5, 5.41) is 4.31. The standard InChI is InChI=1S/C22H24N4O/c1-15-20(14-25(2)24-15)21(23)22(27)26-11-10-17-8-9-18(12-19(17)13-26)16-6-4-3-5-7-16/h3-9,12,14,21H,10-11,13,23H2,1-2H3. The second-order valence-electron chi connectivity index (χ2n) is 7.18. The summed E-state index contributed by atoms with van der Waals surface area (Å²) in [6, 6.07) is 16.2. The van der Waals surface area contributed by atoms with Gasteiger partial charge < -0.3 is 10.6 Å². The highest BCUT2D eigenvalue weighted by Gasteiger charge is 2.28. The summed E-state index contributed by atoms with van der Waals surface area (Å²) in [5.74, 6) is -0.0399. The Bertz CT molecular complexity index is 977. The van der Waals surface area contributed by atoms with Crippen molar-refractivity contribution in [1.82, 2.24) is 14.7 Å². The number of amides is 1. The van der Waals surface area contributed by atoms with Crippen LogP contribution in [-0.2, 0) is 24.8 Å². The Kier molecular flexibility index (Phi) is 4.54. The van der Waals surface area contributed by atoms with Crippen molar-refractivity contribution < 1.29 is 4.79 Å². The maximum atomic E-state index is 13.0. The number of fused-ring (bicyclic) bond motifs is 1. The molecule has 0 spiro atoms. The lowest BCUT2D eigenvalue weighted by atomic mass is 9.94. The summed E-state index contributed by atoms with van der Waals surface area (Å²) in [4.78, 5) is 14.9. The van der Waals surface area contributed by atoms with Crippen LogP contribution in [0.25, 0.3) is 11.1 Å². The zero-order valence-electron chi connectivity index (χ0n) is 15.7. The normalized spacial score (nSPS) is 14.7. The molecule has 1 unspecified atom stereocenters. The number of nitrogens with zero attached hydrogens (tertiary/aromatic N) is 3. The highest BCUT2D eigenvalue weighted by molar-refractivity contribution is 5.83. The zero-order valence-corrected chi connectivity index (χ0v) is 15.7. The fourth-order valence-electron chi connectivity index (χ4n) is 3.81. The van der Waals surface area contributed by atoms with Gasteiger partial charge in [0.05, 0.1) is 5.69 Å². The highest BCUT2D eigenvalue weighted by Crippen LogP contribution is 2.27. The molecule has 0 bridgehead atoms. The smallest absolute Gasteiger partial charge is 0.244 e. The molecule has 5 heteroatoms. The third-order valence-corrected chi connectivity index (χ3v) is 5.29. The van der Waals surface area contributed by atoms with Crippen molar-refractivity contribution in [3.8, 4) is 11.1 Å². The third-order valence-electron chi connectivity index (χ3n) is 5.29. The van der Waals surface area contributed by atoms with Crippen molar-refractivity contribution in [2.75, 3.05) is 6.54 Å². The van der Waals surface area contributed by atoms with E-state index in [4.69, 9.17) is 5.73 Å². The minimum absolute atomic E-state index is 0.0399. The minimum atomic E-state index is -0.669. The van der Waals surface area contributed by atoms with Gasteiger partial charge in [0.15, 0.2) is 0 Å². The van der Waals surface area contributed by atoms with Crippen LogP contribution < -0.4 is 5.73 Å². The van der Waals surface area contributed by atoms with Crippen LogP contribution in [0.1, 0.15) is 28.4 Å². The van der Waals surface area contributed by atoms with Crippen LogP contribution in [0.15, 0.2) is 54.7 Å². The number of nitrogens with two attached hydrogens (primary N) is 1. The van der Waals surface area contributed by atoms with Gasteiger partial charge in [0, 0.05) is 31.9 Å². The summed E-state index contributed by atoms with van der Waals surface area (Å²) < 4.78 is 1.70. The molecule has 5 nitrogen and oxygen atoms in total. The molecule has 1 atom stereocenters. The molecule has 0 saturated carbocycles. The van der Waals surface area contributed by atoms with Crippen LogP contribution in [0.2, 0.25) is 0 Å². The fraction of sp³-hybridized carbons (Fsp3) is 0.273. The minimum Gasteiger partial charge on any atom is -0.336 e. The molecule has 4 rings (SSSR count). The first-order chi connectivity index (χ1) is 13.0. The third kappa shape index (κ3) is 3.38. The molecule has 2 aromatic carbocycles. The average Bonchev–Trinajstić information content (AvgIpc) is 3.04. The van der Waals surface area contributed by atoms with Crippen molar-refractivity contribution in [3.63, 3.8) is 0 Å². The predicted molar refractivity (Wildman–Crippen MR) is 106 cm³/mol. The molecule has 1 aliphatic heterocycles. The Hall–Kier alpha value is -2.92. The van der Waals surface area contributed by atoms with E-state index >= 15 is 0 Å². The first kappa shape index (κ1) is 17.5. The number of rotatable bonds is 3. The molecular formula is C22H24N4O. The van der Waals surface area contributed by atoms with E-state index in [0.29, 0.717) is 13.1 Å². The molecule has 1 amide bonds. The van der Waals surface area contributed by atoms with E-state index in [1.807, 2.05) is 43.3 Å². The Labute approximate surface area is 159 Å². The number of aromatic nitrogens is 2. The second kappa shape index (κ2) is 7.00. The van der Waals surface area contributed by atoms with E-state index in [-0.39, 0.29) is 5.91 Å². The van der Waals surface area contributed by atoms with Gasteiger partial charge in [0.2, 0.25) is 5.91 Å². The van der Waals surface area contributed by atoms with Gasteiger partial charge in [-0.25, -0.2) is 0 Å². The average molecular weight is 360 g/mol. The van der Waals surface area contributed by atoms with E-state index in [9.17, 15) is 4.79 Å². The number of carbonyl (C=O) groups is 1. The van der Waals surface area contributed by atoms with Crippen molar-refractivity contribution in [3.05, 3.63) is 77.1 Å². The molecule has 0 saturated heterocycles. The summed E-state index contributed by atoms with van der Waals surface area (Å²) >= 11 is 0.